The standard InChI is InChI=1S/C36H34N4O/c1-35(2)27-10-6-8-12-30(27)38-34(35)26-20-40(32-18-22(41)14-15-24(26)32)21-13-16-28-31(17-21)39-33(36(28,3)4)25-19-37-29-11-7-5-9-23(25)29/h5-20,33-34,37-39,41H,1-4H3. The molecule has 8 rings (SSSR count). The smallest absolute Gasteiger partial charge is 0.117 e. The summed E-state index contributed by atoms with van der Waals surface area (Å²) in [7, 11) is 0. The highest BCUT2D eigenvalue weighted by molar-refractivity contribution is 5.89. The number of nitrogens with one attached hydrogen (secondary N) is 3. The number of hydrogen-bond donors (Lipinski definition) is 4. The molecule has 2 aliphatic rings. The molecule has 4 N–H and O–H groups in total. The minimum atomic E-state index is -0.0936. The van der Waals surface area contributed by atoms with Crippen molar-refractivity contribution in [3.63, 3.8) is 0 Å². The van der Waals surface area contributed by atoms with Gasteiger partial charge in [0.1, 0.15) is 5.75 Å². The summed E-state index contributed by atoms with van der Waals surface area (Å²) in [6, 6.07) is 29.9. The number of hydrogen-bond acceptors (Lipinski definition) is 3. The van der Waals surface area contributed by atoms with E-state index in [1.54, 1.807) is 6.07 Å². The van der Waals surface area contributed by atoms with Gasteiger partial charge in [0, 0.05) is 73.8 Å². The van der Waals surface area contributed by atoms with Gasteiger partial charge in [0.05, 0.1) is 17.6 Å². The second kappa shape index (κ2) is 8.20. The minimum Gasteiger partial charge on any atom is -0.508 e. The molecule has 4 heterocycles. The van der Waals surface area contributed by atoms with Gasteiger partial charge in [-0.2, -0.15) is 0 Å². The molecule has 0 fully saturated rings. The molecule has 5 heteroatoms. The number of H-pyrrole nitrogens is 1. The van der Waals surface area contributed by atoms with Crippen LogP contribution >= 0.6 is 0 Å². The highest BCUT2D eigenvalue weighted by Gasteiger charge is 2.43. The topological polar surface area (TPSA) is 65.0 Å². The Labute approximate surface area is 239 Å². The summed E-state index contributed by atoms with van der Waals surface area (Å²) < 4.78 is 2.24. The molecule has 2 aliphatic heterocycles. The fourth-order valence-corrected chi connectivity index (χ4v) is 7.47. The van der Waals surface area contributed by atoms with Crippen LogP contribution in [0.15, 0.2) is 97.3 Å². The normalized spacial score (nSPS) is 20.1. The number of nitrogens with zero attached hydrogens (tertiary/aromatic N) is 1. The Hall–Kier alpha value is -4.64. The maximum atomic E-state index is 10.5. The van der Waals surface area contributed by atoms with Crippen LogP contribution in [-0.4, -0.2) is 14.7 Å². The van der Waals surface area contributed by atoms with Crippen molar-refractivity contribution < 1.29 is 5.11 Å². The maximum Gasteiger partial charge on any atom is 0.117 e. The molecule has 0 spiro atoms. The lowest BCUT2D eigenvalue weighted by Crippen LogP contribution is -2.25. The van der Waals surface area contributed by atoms with Crippen LogP contribution in [0.5, 0.6) is 5.75 Å². The van der Waals surface area contributed by atoms with E-state index in [0.29, 0.717) is 0 Å². The van der Waals surface area contributed by atoms with Crippen LogP contribution in [0.25, 0.3) is 27.5 Å². The summed E-state index contributed by atoms with van der Waals surface area (Å²) in [6.07, 6.45) is 4.41. The van der Waals surface area contributed by atoms with Crippen molar-refractivity contribution in [1.82, 2.24) is 9.55 Å². The van der Waals surface area contributed by atoms with E-state index in [-0.39, 0.29) is 28.7 Å². The van der Waals surface area contributed by atoms with Gasteiger partial charge < -0.3 is 25.3 Å². The van der Waals surface area contributed by atoms with Crippen LogP contribution in [0.4, 0.5) is 11.4 Å². The number of rotatable bonds is 3. The van der Waals surface area contributed by atoms with Crippen molar-refractivity contribution in [2.24, 2.45) is 0 Å². The van der Waals surface area contributed by atoms with E-state index in [1.165, 1.54) is 33.3 Å². The Morgan fingerprint density at radius 3 is 2.22 bits per heavy atom. The molecule has 0 bridgehead atoms. The van der Waals surface area contributed by atoms with Crippen LogP contribution < -0.4 is 10.6 Å². The Kier molecular flexibility index (Phi) is 4.83. The fraction of sp³-hybridized carbons (Fsp3) is 0.222. The van der Waals surface area contributed by atoms with Gasteiger partial charge in [-0.15, -0.1) is 0 Å². The van der Waals surface area contributed by atoms with Gasteiger partial charge in [0.25, 0.3) is 0 Å². The van der Waals surface area contributed by atoms with Crippen molar-refractivity contribution in [3.8, 4) is 11.4 Å². The molecule has 0 radical (unpaired) electrons. The molecule has 2 aromatic heterocycles. The first-order valence-corrected chi connectivity index (χ1v) is 14.4. The molecule has 0 amide bonds. The molecule has 41 heavy (non-hydrogen) atoms. The third kappa shape index (κ3) is 3.35. The first-order valence-electron chi connectivity index (χ1n) is 14.4. The molecule has 2 atom stereocenters. The number of aromatic amines is 1. The first-order chi connectivity index (χ1) is 19.7. The molecule has 4 aromatic carbocycles. The van der Waals surface area contributed by atoms with Crippen molar-refractivity contribution in [2.75, 3.05) is 10.6 Å². The van der Waals surface area contributed by atoms with E-state index < -0.39 is 0 Å². The summed E-state index contributed by atoms with van der Waals surface area (Å²) >= 11 is 0. The van der Waals surface area contributed by atoms with Crippen LogP contribution in [0.2, 0.25) is 0 Å². The number of phenolic OH excluding ortho intramolecular Hbond substituents is 1. The van der Waals surface area contributed by atoms with Gasteiger partial charge in [-0.25, -0.2) is 0 Å². The third-order valence-electron chi connectivity index (χ3n) is 9.70. The van der Waals surface area contributed by atoms with E-state index in [0.717, 1.165) is 27.8 Å². The van der Waals surface area contributed by atoms with Crippen LogP contribution in [0.1, 0.15) is 62.0 Å². The molecule has 0 aliphatic carbocycles. The van der Waals surface area contributed by atoms with Gasteiger partial charge in [0.15, 0.2) is 0 Å². The van der Waals surface area contributed by atoms with Gasteiger partial charge in [-0.3, -0.25) is 0 Å². The highest BCUT2D eigenvalue weighted by Crippen LogP contribution is 2.52. The largest absolute Gasteiger partial charge is 0.508 e. The molecular weight excluding hydrogens is 504 g/mol. The molecule has 204 valence electrons. The van der Waals surface area contributed by atoms with Crippen LogP contribution in [-0.2, 0) is 10.8 Å². The highest BCUT2D eigenvalue weighted by atomic mass is 16.3. The quantitative estimate of drug-likeness (QED) is 0.182. The van der Waals surface area contributed by atoms with E-state index in [9.17, 15) is 5.11 Å². The second-order valence-corrected chi connectivity index (χ2v) is 12.8. The SMILES string of the molecule is CC1(C)c2ccc(-n3cc(C4Nc5ccccc5C4(C)C)c4ccc(O)cc43)cc2NC1c1c[nH]c2ccccc12. The number of benzene rings is 4. The summed E-state index contributed by atoms with van der Waals surface area (Å²) in [6.45, 7) is 9.27. The van der Waals surface area contributed by atoms with E-state index in [4.69, 9.17) is 0 Å². The lowest BCUT2D eigenvalue weighted by molar-refractivity contribution is 0.475. The number of anilines is 2. The zero-order valence-electron chi connectivity index (χ0n) is 23.8. The molecule has 5 nitrogen and oxygen atoms in total. The van der Waals surface area contributed by atoms with Crippen LogP contribution in [0, 0.1) is 0 Å². The fourth-order valence-electron chi connectivity index (χ4n) is 7.47. The molecule has 0 saturated carbocycles. The number of para-hydroxylation sites is 2. The third-order valence-corrected chi connectivity index (χ3v) is 9.70. The first kappa shape index (κ1) is 24.2. The van der Waals surface area contributed by atoms with Crippen molar-refractivity contribution in [2.45, 2.75) is 50.6 Å². The number of phenols is 1. The summed E-state index contributed by atoms with van der Waals surface area (Å²) in [5.41, 5.74) is 10.5. The second-order valence-electron chi connectivity index (χ2n) is 12.8. The maximum absolute atomic E-state index is 10.5. The van der Waals surface area contributed by atoms with Gasteiger partial charge in [-0.05, 0) is 47.5 Å². The Morgan fingerprint density at radius 1 is 0.683 bits per heavy atom. The molecular formula is C36H34N4O. The predicted octanol–water partition coefficient (Wildman–Crippen LogP) is 8.71. The molecule has 6 aromatic rings. The monoisotopic (exact) mass is 538 g/mol. The Balaban J connectivity index is 1.24. The molecule has 2 unspecified atom stereocenters. The van der Waals surface area contributed by atoms with Crippen LogP contribution in [0.3, 0.4) is 0 Å². The van der Waals surface area contributed by atoms with E-state index >= 15 is 0 Å². The van der Waals surface area contributed by atoms with Gasteiger partial charge >= 0.3 is 0 Å². The zero-order valence-corrected chi connectivity index (χ0v) is 23.8. The lowest BCUT2D eigenvalue weighted by atomic mass is 9.77. The average molecular weight is 539 g/mol. The van der Waals surface area contributed by atoms with E-state index in [2.05, 4.69) is 133 Å². The van der Waals surface area contributed by atoms with Gasteiger partial charge in [0.2, 0.25) is 0 Å². The average Bonchev–Trinajstić information content (AvgIpc) is 3.68. The zero-order chi connectivity index (χ0) is 28.1. The Morgan fingerprint density at radius 2 is 1.39 bits per heavy atom. The number of aromatic hydroxyl groups is 1. The summed E-state index contributed by atoms with van der Waals surface area (Å²) in [4.78, 5) is 3.46. The van der Waals surface area contributed by atoms with Crippen molar-refractivity contribution in [1.29, 1.82) is 0 Å². The van der Waals surface area contributed by atoms with Gasteiger partial charge in [-0.1, -0.05) is 70.2 Å². The predicted molar refractivity (Wildman–Crippen MR) is 168 cm³/mol. The summed E-state index contributed by atoms with van der Waals surface area (Å²) in [5.74, 6) is 0.269. The lowest BCUT2D eigenvalue weighted by Gasteiger charge is -2.27. The molecule has 0 saturated heterocycles. The van der Waals surface area contributed by atoms with E-state index in [1.807, 2.05) is 6.07 Å². The van der Waals surface area contributed by atoms with Crippen molar-refractivity contribution in [3.05, 3.63) is 120 Å². The summed E-state index contributed by atoms with van der Waals surface area (Å²) in [5, 5.41) is 20.6. The number of fused-ring (bicyclic) bond motifs is 4. The minimum absolute atomic E-state index is 0.0927. The van der Waals surface area contributed by atoms with Crippen molar-refractivity contribution >= 4 is 33.2 Å². The number of aromatic nitrogens is 2. The Bertz CT molecular complexity index is 1990.